The highest BCUT2D eigenvalue weighted by Crippen LogP contribution is 2.42. The summed E-state index contributed by atoms with van der Waals surface area (Å²) in [6, 6.07) is 6.77. The summed E-state index contributed by atoms with van der Waals surface area (Å²) >= 11 is 5.96. The van der Waals surface area contributed by atoms with Crippen LogP contribution in [0.25, 0.3) is 16.8 Å². The monoisotopic (exact) mass is 464 g/mol. The molecule has 1 aromatic heterocycles. The Morgan fingerprint density at radius 3 is 2.66 bits per heavy atom. The van der Waals surface area contributed by atoms with Crippen molar-refractivity contribution in [2.24, 2.45) is 0 Å². The zero-order chi connectivity index (χ0) is 23.0. The molecule has 0 fully saturated rings. The van der Waals surface area contributed by atoms with E-state index in [4.69, 9.17) is 16.3 Å². The van der Waals surface area contributed by atoms with Gasteiger partial charge in [-0.15, -0.1) is 0 Å². The number of ether oxygens (including phenoxy) is 2. The molecule has 0 spiro atoms. The molecule has 1 aliphatic heterocycles. The summed E-state index contributed by atoms with van der Waals surface area (Å²) in [6.07, 6.45) is -0.793. The highest BCUT2D eigenvalue weighted by atomic mass is 35.5. The molecule has 0 radical (unpaired) electrons. The molecule has 0 bridgehead atoms. The van der Waals surface area contributed by atoms with Crippen molar-refractivity contribution in [3.63, 3.8) is 0 Å². The minimum absolute atomic E-state index is 0.108. The molecule has 1 aliphatic rings. The van der Waals surface area contributed by atoms with Gasteiger partial charge in [-0.3, -0.25) is 4.79 Å². The van der Waals surface area contributed by atoms with Gasteiger partial charge in [0.1, 0.15) is 5.75 Å². The van der Waals surface area contributed by atoms with E-state index < -0.39 is 29.1 Å². The number of hydrogen-bond donors (Lipinski definition) is 0. The van der Waals surface area contributed by atoms with Crippen molar-refractivity contribution in [2.75, 3.05) is 13.7 Å². The van der Waals surface area contributed by atoms with Gasteiger partial charge in [0.15, 0.2) is 0 Å². The predicted molar refractivity (Wildman–Crippen MR) is 109 cm³/mol. The Bertz CT molecular complexity index is 1220. The fraction of sp³-hybridized carbons (Fsp3) is 0.227. The van der Waals surface area contributed by atoms with Gasteiger partial charge >= 0.3 is 12.1 Å². The van der Waals surface area contributed by atoms with Gasteiger partial charge in [-0.2, -0.15) is 18.3 Å². The van der Waals surface area contributed by atoms with Gasteiger partial charge < -0.3 is 9.47 Å². The molecular weight excluding hydrogens is 449 g/mol. The molecule has 0 aliphatic carbocycles. The smallest absolute Gasteiger partial charge is 0.417 e. The molecule has 166 valence electrons. The standard InChI is InChI=1S/C22H16ClF3N2O4/c1-31-21(30)20(29)19-15(22(24,25)26)5-6-16(28-11-14(23)10-27-28)18(19)13-4-7-17-12(9-13)3-2-8-32-17/h4-7,9-11H,2-3,8H2,1H3. The summed E-state index contributed by atoms with van der Waals surface area (Å²) < 4.78 is 53.0. The quantitative estimate of drug-likeness (QED) is 0.312. The molecule has 0 unspecified atom stereocenters. The molecule has 2 heterocycles. The first kappa shape index (κ1) is 21.9. The van der Waals surface area contributed by atoms with Gasteiger partial charge in [-0.1, -0.05) is 17.7 Å². The van der Waals surface area contributed by atoms with Crippen molar-refractivity contribution in [3.05, 3.63) is 64.4 Å². The summed E-state index contributed by atoms with van der Waals surface area (Å²) in [5.41, 5.74) is -0.942. The number of hydrogen-bond acceptors (Lipinski definition) is 5. The zero-order valence-corrected chi connectivity index (χ0v) is 17.5. The van der Waals surface area contributed by atoms with E-state index in [9.17, 15) is 22.8 Å². The Morgan fingerprint density at radius 1 is 1.22 bits per heavy atom. The lowest BCUT2D eigenvalue weighted by molar-refractivity contribution is -0.138. The van der Waals surface area contributed by atoms with Gasteiger partial charge in [0.25, 0.3) is 5.78 Å². The third-order valence-electron chi connectivity index (χ3n) is 5.08. The summed E-state index contributed by atoms with van der Waals surface area (Å²) in [4.78, 5) is 24.9. The van der Waals surface area contributed by atoms with Crippen LogP contribution in [0.2, 0.25) is 5.02 Å². The Balaban J connectivity index is 2.08. The van der Waals surface area contributed by atoms with Crippen LogP contribution in [0.4, 0.5) is 13.2 Å². The topological polar surface area (TPSA) is 70.4 Å². The molecule has 10 heteroatoms. The number of aryl methyl sites for hydroxylation is 1. The van der Waals surface area contributed by atoms with Crippen LogP contribution in [0.15, 0.2) is 42.7 Å². The average molecular weight is 465 g/mol. The van der Waals surface area contributed by atoms with Crippen LogP contribution in [-0.4, -0.2) is 35.2 Å². The molecule has 2 aromatic carbocycles. The second-order valence-electron chi connectivity index (χ2n) is 7.08. The second-order valence-corrected chi connectivity index (χ2v) is 7.51. The maximum Gasteiger partial charge on any atom is 0.417 e. The second kappa shape index (κ2) is 8.31. The van der Waals surface area contributed by atoms with E-state index in [1.807, 2.05) is 0 Å². The number of rotatable bonds is 4. The number of halogens is 4. The van der Waals surface area contributed by atoms with Crippen molar-refractivity contribution in [3.8, 4) is 22.6 Å². The Labute approximate surface area is 185 Å². The Hall–Kier alpha value is -3.33. The number of ketones is 1. The number of nitrogens with zero attached hydrogens (tertiary/aromatic N) is 2. The van der Waals surface area contributed by atoms with E-state index >= 15 is 0 Å². The number of Topliss-reactive ketones (excluding diaryl/α,β-unsaturated/α-hetero) is 1. The van der Waals surface area contributed by atoms with Crippen LogP contribution in [0, 0.1) is 0 Å². The summed E-state index contributed by atoms with van der Waals surface area (Å²) in [6.45, 7) is 0.541. The number of alkyl halides is 3. The van der Waals surface area contributed by atoms with Gasteiger partial charge in [0, 0.05) is 11.8 Å². The molecule has 0 atom stereocenters. The first-order valence-electron chi connectivity index (χ1n) is 9.54. The van der Waals surface area contributed by atoms with E-state index in [2.05, 4.69) is 9.84 Å². The lowest BCUT2D eigenvalue weighted by Crippen LogP contribution is -2.23. The lowest BCUT2D eigenvalue weighted by atomic mass is 9.89. The average Bonchev–Trinajstić information content (AvgIpc) is 3.22. The van der Waals surface area contributed by atoms with Gasteiger partial charge in [-0.05, 0) is 48.2 Å². The van der Waals surface area contributed by atoms with Crippen molar-refractivity contribution in [1.82, 2.24) is 9.78 Å². The fourth-order valence-electron chi connectivity index (χ4n) is 3.69. The van der Waals surface area contributed by atoms with Crippen molar-refractivity contribution < 1.29 is 32.2 Å². The molecule has 4 rings (SSSR count). The number of aromatic nitrogens is 2. The molecule has 32 heavy (non-hydrogen) atoms. The fourth-order valence-corrected chi connectivity index (χ4v) is 3.83. The Kier molecular flexibility index (Phi) is 5.68. The van der Waals surface area contributed by atoms with Crippen LogP contribution in [0.5, 0.6) is 5.75 Å². The number of esters is 1. The minimum atomic E-state index is -4.90. The van der Waals surface area contributed by atoms with Crippen molar-refractivity contribution in [2.45, 2.75) is 19.0 Å². The third-order valence-corrected chi connectivity index (χ3v) is 5.28. The molecule has 6 nitrogen and oxygen atoms in total. The zero-order valence-electron chi connectivity index (χ0n) is 16.7. The maximum atomic E-state index is 13.9. The molecular formula is C22H16ClF3N2O4. The first-order valence-corrected chi connectivity index (χ1v) is 9.92. The third kappa shape index (κ3) is 3.95. The number of carbonyl (C=O) groups excluding carboxylic acids is 2. The summed E-state index contributed by atoms with van der Waals surface area (Å²) in [5, 5.41) is 4.31. The largest absolute Gasteiger partial charge is 0.493 e. The highest BCUT2D eigenvalue weighted by Gasteiger charge is 2.40. The van der Waals surface area contributed by atoms with Crippen LogP contribution >= 0.6 is 11.6 Å². The number of methoxy groups -OCH3 is 1. The normalized spacial score (nSPS) is 13.3. The van der Waals surface area contributed by atoms with Gasteiger partial charge in [-0.25, -0.2) is 9.48 Å². The summed E-state index contributed by atoms with van der Waals surface area (Å²) in [7, 11) is 0.931. The molecule has 3 aromatic rings. The van der Waals surface area contributed by atoms with Crippen molar-refractivity contribution in [1.29, 1.82) is 0 Å². The predicted octanol–water partition coefficient (Wildman–Crippen LogP) is 4.89. The van der Waals surface area contributed by atoms with E-state index in [0.29, 0.717) is 24.3 Å². The van der Waals surface area contributed by atoms with Crippen LogP contribution in [-0.2, 0) is 22.1 Å². The molecule has 0 saturated carbocycles. The molecule has 0 N–H and O–H groups in total. The van der Waals surface area contributed by atoms with Crippen LogP contribution in [0.1, 0.15) is 27.9 Å². The Morgan fingerprint density at radius 2 is 2.00 bits per heavy atom. The lowest BCUT2D eigenvalue weighted by Gasteiger charge is -2.22. The molecule has 0 saturated heterocycles. The maximum absolute atomic E-state index is 13.9. The van der Waals surface area contributed by atoms with Crippen LogP contribution in [0.3, 0.4) is 0 Å². The molecule has 0 amide bonds. The number of fused-ring (bicyclic) bond motifs is 1. The number of benzene rings is 2. The minimum Gasteiger partial charge on any atom is -0.493 e. The van der Waals surface area contributed by atoms with E-state index in [0.717, 1.165) is 25.2 Å². The van der Waals surface area contributed by atoms with Crippen molar-refractivity contribution >= 4 is 23.4 Å². The van der Waals surface area contributed by atoms with E-state index in [-0.39, 0.29) is 16.3 Å². The highest BCUT2D eigenvalue weighted by molar-refractivity contribution is 6.42. The van der Waals surface area contributed by atoms with Crippen LogP contribution < -0.4 is 4.74 Å². The van der Waals surface area contributed by atoms with E-state index in [1.54, 1.807) is 18.2 Å². The van der Waals surface area contributed by atoms with Gasteiger partial charge in [0.05, 0.1) is 41.8 Å². The number of carbonyl (C=O) groups is 2. The van der Waals surface area contributed by atoms with E-state index in [1.165, 1.54) is 23.1 Å². The van der Waals surface area contributed by atoms with Gasteiger partial charge in [0.2, 0.25) is 0 Å². The summed E-state index contributed by atoms with van der Waals surface area (Å²) in [5.74, 6) is -2.20. The SMILES string of the molecule is COC(=O)C(=O)c1c(C(F)(F)F)ccc(-n2cc(Cl)cn2)c1-c1ccc2c(c1)CCCO2. The first-order chi connectivity index (χ1) is 15.2.